The van der Waals surface area contributed by atoms with E-state index in [-0.39, 0.29) is 0 Å². The highest BCUT2D eigenvalue weighted by atomic mass is 35.6. The third-order valence-corrected chi connectivity index (χ3v) is 6.63. The number of carbonyl (C=O) groups is 1. The standard InChI is InChI=1S/C3H7Cl3N3O2PS2/c1-8-14-12(11,13-7)9-2(10)3(4,5)6/h8H,7H2,1H3,(H,9,10,11). The number of hydrogen-bond donors (Lipinski definition) is 3. The van der Waals surface area contributed by atoms with Crippen molar-refractivity contribution in [2.45, 2.75) is 3.79 Å². The van der Waals surface area contributed by atoms with Crippen LogP contribution in [0.1, 0.15) is 0 Å². The van der Waals surface area contributed by atoms with Crippen LogP contribution in [0.15, 0.2) is 0 Å². The lowest BCUT2D eigenvalue weighted by atomic mass is 10.7. The van der Waals surface area contributed by atoms with Crippen molar-refractivity contribution >= 4 is 69.5 Å². The van der Waals surface area contributed by atoms with E-state index in [9.17, 15) is 9.36 Å². The molecule has 1 atom stereocenters. The van der Waals surface area contributed by atoms with Gasteiger partial charge in [0.1, 0.15) is 0 Å². The molecule has 5 nitrogen and oxygen atoms in total. The number of nitrogens with two attached hydrogens (primary N) is 1. The minimum absolute atomic E-state index is 0.489. The minimum Gasteiger partial charge on any atom is -0.285 e. The van der Waals surface area contributed by atoms with Gasteiger partial charge in [-0.2, -0.15) is 0 Å². The summed E-state index contributed by atoms with van der Waals surface area (Å²) in [5.41, 5.74) is -3.21. The van der Waals surface area contributed by atoms with Crippen LogP contribution in [0, 0.1) is 0 Å². The lowest BCUT2D eigenvalue weighted by molar-refractivity contribution is -0.118. The smallest absolute Gasteiger partial charge is 0.285 e. The molecule has 1 amide bonds. The lowest BCUT2D eigenvalue weighted by Gasteiger charge is -2.17. The van der Waals surface area contributed by atoms with Gasteiger partial charge < -0.3 is 0 Å². The molecule has 0 fully saturated rings. The highest BCUT2D eigenvalue weighted by Gasteiger charge is 2.36. The number of rotatable bonds is 4. The second-order valence-electron chi connectivity index (χ2n) is 1.84. The lowest BCUT2D eigenvalue weighted by Crippen LogP contribution is -2.31. The fraction of sp³-hybridized carbons (Fsp3) is 0.667. The van der Waals surface area contributed by atoms with Gasteiger partial charge in [0.15, 0.2) is 0 Å². The monoisotopic (exact) mass is 317 g/mol. The molecule has 0 bridgehead atoms. The minimum atomic E-state index is -3.21. The van der Waals surface area contributed by atoms with E-state index >= 15 is 0 Å². The average Bonchev–Trinajstić information content (AvgIpc) is 2.03. The van der Waals surface area contributed by atoms with Crippen LogP contribution in [0.5, 0.6) is 0 Å². The molecule has 0 aliphatic rings. The van der Waals surface area contributed by atoms with Crippen molar-refractivity contribution in [3.8, 4) is 0 Å². The zero-order valence-corrected chi connectivity index (χ0v) is 11.6. The maximum absolute atomic E-state index is 11.7. The van der Waals surface area contributed by atoms with Gasteiger partial charge in [0.25, 0.3) is 9.70 Å². The van der Waals surface area contributed by atoms with Crippen LogP contribution in [0.3, 0.4) is 0 Å². The molecular formula is C3H7Cl3N3O2PS2. The van der Waals surface area contributed by atoms with Crippen LogP contribution < -0.4 is 14.9 Å². The predicted octanol–water partition coefficient (Wildman–Crippen LogP) is 2.06. The number of alkyl halides is 3. The first-order chi connectivity index (χ1) is 6.25. The van der Waals surface area contributed by atoms with Crippen molar-refractivity contribution in [3.05, 3.63) is 0 Å². The summed E-state index contributed by atoms with van der Waals surface area (Å²) < 4.78 is 12.0. The zero-order valence-electron chi connectivity index (χ0n) is 6.79. The molecule has 0 heterocycles. The molecule has 14 heavy (non-hydrogen) atoms. The molecule has 0 rings (SSSR count). The molecule has 11 heteroatoms. The van der Waals surface area contributed by atoms with Gasteiger partial charge in [-0.25, -0.2) is 0 Å². The van der Waals surface area contributed by atoms with Crippen LogP contribution in [0.2, 0.25) is 0 Å². The summed E-state index contributed by atoms with van der Waals surface area (Å²) in [7, 11) is 1.52. The van der Waals surface area contributed by atoms with Crippen molar-refractivity contribution < 1.29 is 9.36 Å². The highest BCUT2D eigenvalue weighted by molar-refractivity contribution is 8.89. The summed E-state index contributed by atoms with van der Waals surface area (Å²) in [4.78, 5) is 11.1. The molecule has 0 aliphatic carbocycles. The van der Waals surface area contributed by atoms with Crippen molar-refractivity contribution in [1.29, 1.82) is 0 Å². The van der Waals surface area contributed by atoms with Gasteiger partial charge in [0.05, 0.1) is 0 Å². The van der Waals surface area contributed by atoms with E-state index in [1.165, 1.54) is 7.05 Å². The number of nitrogens with one attached hydrogen (secondary N) is 2. The van der Waals surface area contributed by atoms with Crippen LogP contribution in [-0.2, 0) is 9.36 Å². The Hall–Kier alpha value is 1.19. The van der Waals surface area contributed by atoms with Gasteiger partial charge in [0.2, 0.25) is 0 Å². The molecule has 1 unspecified atom stereocenters. The molecular weight excluding hydrogens is 312 g/mol. The van der Waals surface area contributed by atoms with Gasteiger partial charge in [-0.3, -0.25) is 24.3 Å². The van der Waals surface area contributed by atoms with Crippen LogP contribution >= 0.6 is 63.6 Å². The molecule has 4 N–H and O–H groups in total. The quantitative estimate of drug-likeness (QED) is 0.418. The van der Waals surface area contributed by atoms with E-state index in [0.29, 0.717) is 11.6 Å². The number of halogens is 3. The molecule has 0 spiro atoms. The van der Waals surface area contributed by atoms with Gasteiger partial charge in [-0.1, -0.05) is 34.8 Å². The van der Waals surface area contributed by atoms with Gasteiger partial charge in [-0.05, 0) is 7.05 Å². The molecule has 0 aromatic carbocycles. The third kappa shape index (κ3) is 5.32. The predicted molar refractivity (Wildman–Crippen MR) is 64.5 cm³/mol. The maximum Gasteiger partial charge on any atom is 0.308 e. The topological polar surface area (TPSA) is 84.2 Å². The molecule has 84 valence electrons. The Balaban J connectivity index is 4.48. The van der Waals surface area contributed by atoms with Crippen LogP contribution in [0.25, 0.3) is 0 Å². The summed E-state index contributed by atoms with van der Waals surface area (Å²) in [6.07, 6.45) is 0. The summed E-state index contributed by atoms with van der Waals surface area (Å²) >= 11 is 17.0. The normalized spacial score (nSPS) is 16.1. The second-order valence-corrected chi connectivity index (χ2v) is 11.1. The van der Waals surface area contributed by atoms with E-state index in [0.717, 1.165) is 11.6 Å². The highest BCUT2D eigenvalue weighted by Crippen LogP contribution is 2.61. The van der Waals surface area contributed by atoms with E-state index in [1.807, 2.05) is 5.09 Å². The van der Waals surface area contributed by atoms with Crippen LogP contribution in [0.4, 0.5) is 0 Å². The van der Waals surface area contributed by atoms with E-state index in [1.54, 1.807) is 0 Å². The largest absolute Gasteiger partial charge is 0.308 e. The van der Waals surface area contributed by atoms with E-state index in [2.05, 4.69) is 4.72 Å². The van der Waals surface area contributed by atoms with Crippen LogP contribution in [-0.4, -0.2) is 16.7 Å². The Bertz CT molecular complexity index is 260. The first kappa shape index (κ1) is 15.2. The van der Waals surface area contributed by atoms with Gasteiger partial charge in [-0.15, -0.1) is 0 Å². The SMILES string of the molecule is CNSP(=O)(NC(=O)C(Cl)(Cl)Cl)SN. The van der Waals surface area contributed by atoms with Gasteiger partial charge >= 0.3 is 5.70 Å². The molecule has 0 aromatic rings. The Morgan fingerprint density at radius 3 is 2.29 bits per heavy atom. The first-order valence-corrected chi connectivity index (χ1v) is 8.73. The van der Waals surface area contributed by atoms with Crippen molar-refractivity contribution in [2.75, 3.05) is 7.05 Å². The fourth-order valence-electron chi connectivity index (χ4n) is 0.379. The zero-order chi connectivity index (χ0) is 11.4. The Kier molecular flexibility index (Phi) is 6.57. The maximum atomic E-state index is 11.7. The first-order valence-electron chi connectivity index (χ1n) is 2.98. The molecule has 0 aromatic heterocycles. The number of amides is 1. The van der Waals surface area contributed by atoms with Gasteiger partial charge in [0, 0.05) is 23.1 Å². The summed E-state index contributed by atoms with van der Waals surface area (Å²) in [5.74, 6) is -0.980. The Morgan fingerprint density at radius 1 is 1.50 bits per heavy atom. The fourth-order valence-corrected chi connectivity index (χ4v) is 4.22. The molecule has 0 saturated heterocycles. The average molecular weight is 319 g/mol. The third-order valence-electron chi connectivity index (χ3n) is 0.846. The van der Waals surface area contributed by atoms with Crippen molar-refractivity contribution in [3.63, 3.8) is 0 Å². The van der Waals surface area contributed by atoms with Crippen molar-refractivity contribution in [1.82, 2.24) is 9.81 Å². The summed E-state index contributed by atoms with van der Waals surface area (Å²) in [6.45, 7) is 0. The molecule has 0 radical (unpaired) electrons. The van der Waals surface area contributed by atoms with E-state index in [4.69, 9.17) is 39.9 Å². The Labute approximate surface area is 104 Å². The number of hydrogen-bond acceptors (Lipinski definition) is 6. The summed E-state index contributed by atoms with van der Waals surface area (Å²) in [6, 6.07) is 0. The van der Waals surface area contributed by atoms with E-state index < -0.39 is 15.4 Å². The summed E-state index contributed by atoms with van der Waals surface area (Å²) in [5, 5.41) is 7.18. The molecule has 0 saturated carbocycles. The number of carbonyl (C=O) groups excluding carboxylic acids is 1. The van der Waals surface area contributed by atoms with Crippen molar-refractivity contribution in [2.24, 2.45) is 5.14 Å². The Morgan fingerprint density at radius 2 is 2.00 bits per heavy atom. The second kappa shape index (κ2) is 6.06. The molecule has 0 aliphatic heterocycles.